The molecular formula is C26H42O4SSi2. The van der Waals surface area contributed by atoms with E-state index in [1.807, 2.05) is 17.5 Å². The zero-order chi connectivity index (χ0) is 25.1. The number of hydrogen-bond donors (Lipinski definition) is 0. The largest absolute Gasteiger partial charge is 0.488 e. The molecule has 33 heavy (non-hydrogen) atoms. The van der Waals surface area contributed by atoms with Gasteiger partial charge in [-0.05, 0) is 67.1 Å². The predicted octanol–water partition coefficient (Wildman–Crippen LogP) is 6.25. The number of hydrogen-bond acceptors (Lipinski definition) is 5. The summed E-state index contributed by atoms with van der Waals surface area (Å²) >= 11 is 1.54. The van der Waals surface area contributed by atoms with Crippen LogP contribution in [0.4, 0.5) is 0 Å². The first-order chi connectivity index (χ1) is 15.0. The summed E-state index contributed by atoms with van der Waals surface area (Å²) in [5.74, 6) is 0.799. The van der Waals surface area contributed by atoms with E-state index < -0.39 is 30.7 Å². The monoisotopic (exact) mass is 506 g/mol. The van der Waals surface area contributed by atoms with Crippen LogP contribution in [0.5, 0.6) is 5.75 Å². The molecule has 2 aromatic rings. The number of carbonyl (C=O) groups is 1. The highest BCUT2D eigenvalue weighted by Gasteiger charge is 2.34. The van der Waals surface area contributed by atoms with Gasteiger partial charge >= 0.3 is 0 Å². The van der Waals surface area contributed by atoms with E-state index in [2.05, 4.69) is 81.4 Å². The molecule has 0 aliphatic carbocycles. The van der Waals surface area contributed by atoms with Gasteiger partial charge in [0, 0.05) is 15.8 Å². The summed E-state index contributed by atoms with van der Waals surface area (Å²) < 4.78 is 19.3. The topological polar surface area (TPSA) is 44.8 Å². The van der Waals surface area contributed by atoms with Gasteiger partial charge in [0.25, 0.3) is 0 Å². The van der Waals surface area contributed by atoms with Gasteiger partial charge in [-0.3, -0.25) is 4.79 Å². The van der Waals surface area contributed by atoms with E-state index in [4.69, 9.17) is 13.6 Å². The van der Waals surface area contributed by atoms with Crippen LogP contribution in [0.2, 0.25) is 10.1 Å². The van der Waals surface area contributed by atoms with Crippen LogP contribution in [-0.2, 0) is 26.7 Å². The van der Waals surface area contributed by atoms with Crippen molar-refractivity contribution in [1.29, 1.82) is 0 Å². The molecule has 184 valence electrons. The molecule has 0 fully saturated rings. The lowest BCUT2D eigenvalue weighted by Crippen LogP contribution is -2.34. The number of thiophene rings is 1. The first-order valence-corrected chi connectivity index (χ1v) is 15.1. The predicted molar refractivity (Wildman–Crippen MR) is 145 cm³/mol. The average molecular weight is 507 g/mol. The summed E-state index contributed by atoms with van der Waals surface area (Å²) in [6.07, 6.45) is 0.870. The van der Waals surface area contributed by atoms with Gasteiger partial charge in [-0.25, -0.2) is 0 Å². The second-order valence-electron chi connectivity index (χ2n) is 12.2. The van der Waals surface area contributed by atoms with Crippen LogP contribution in [-0.4, -0.2) is 25.8 Å². The van der Waals surface area contributed by atoms with Gasteiger partial charge < -0.3 is 13.6 Å². The lowest BCUT2D eigenvalue weighted by molar-refractivity contribution is 0.0826. The van der Waals surface area contributed by atoms with Crippen LogP contribution in [0.15, 0.2) is 29.6 Å². The summed E-state index contributed by atoms with van der Waals surface area (Å²) in [5.41, 5.74) is 2.09. The molecule has 1 heterocycles. The van der Waals surface area contributed by atoms with Crippen molar-refractivity contribution in [2.45, 2.75) is 97.1 Å². The van der Waals surface area contributed by atoms with Crippen LogP contribution in [0.25, 0.3) is 0 Å². The van der Waals surface area contributed by atoms with Crippen LogP contribution < -0.4 is 4.74 Å². The summed E-state index contributed by atoms with van der Waals surface area (Å²) in [7, 11) is -1.50. The van der Waals surface area contributed by atoms with Crippen LogP contribution in [0.1, 0.15) is 95.6 Å². The molecule has 0 atom stereocenters. The smallest absolute Gasteiger partial charge is 0.168 e. The first-order valence-electron chi connectivity index (χ1n) is 11.6. The quantitative estimate of drug-likeness (QED) is 0.282. The third-order valence-electron chi connectivity index (χ3n) is 5.21. The summed E-state index contributed by atoms with van der Waals surface area (Å²) in [4.78, 5) is 12.0. The number of aldehydes is 1. The highest BCUT2D eigenvalue weighted by molar-refractivity contribution is 7.10. The van der Waals surface area contributed by atoms with Crippen LogP contribution >= 0.6 is 11.3 Å². The summed E-state index contributed by atoms with van der Waals surface area (Å²) in [5, 5.41) is 2.27. The third-order valence-corrected chi connectivity index (χ3v) is 9.60. The fourth-order valence-corrected chi connectivity index (χ4v) is 5.92. The highest BCUT2D eigenvalue weighted by atomic mass is 32.1. The number of benzene rings is 1. The molecular weight excluding hydrogens is 465 g/mol. The Morgan fingerprint density at radius 2 is 1.36 bits per heavy atom. The number of ether oxygens (including phenoxy) is 1. The molecule has 2 rings (SSSR count). The molecule has 1 aromatic heterocycles. The summed E-state index contributed by atoms with van der Waals surface area (Å²) in [6, 6.07) is 8.15. The van der Waals surface area contributed by atoms with Crippen molar-refractivity contribution in [3.63, 3.8) is 0 Å². The SMILES string of the molecule is CC(C)(C)[SiH2]OC(C)(C)c1ccc(OCc2cc(C=O)cs2)cc1C(C)(C)O[SiH2]C(C)(C)C. The zero-order valence-electron chi connectivity index (χ0n) is 22.1. The van der Waals surface area contributed by atoms with Crippen molar-refractivity contribution in [2.75, 3.05) is 0 Å². The maximum absolute atomic E-state index is 11.0. The normalized spacial score (nSPS) is 14.0. The lowest BCUT2D eigenvalue weighted by Gasteiger charge is -2.37. The molecule has 0 saturated heterocycles. The molecule has 0 aliphatic rings. The van der Waals surface area contributed by atoms with Crippen LogP contribution in [0, 0.1) is 0 Å². The Morgan fingerprint density at radius 1 is 0.818 bits per heavy atom. The van der Waals surface area contributed by atoms with Crippen molar-refractivity contribution in [2.24, 2.45) is 0 Å². The molecule has 4 nitrogen and oxygen atoms in total. The Bertz CT molecular complexity index is 936. The molecule has 0 aliphatic heterocycles. The highest BCUT2D eigenvalue weighted by Crippen LogP contribution is 2.40. The number of rotatable bonds is 10. The van der Waals surface area contributed by atoms with Crippen LogP contribution in [0.3, 0.4) is 0 Å². The lowest BCUT2D eigenvalue weighted by atomic mass is 9.85. The molecule has 0 amide bonds. The fraction of sp³-hybridized carbons (Fsp3) is 0.577. The zero-order valence-corrected chi connectivity index (χ0v) is 25.8. The van der Waals surface area contributed by atoms with Crippen molar-refractivity contribution in [3.8, 4) is 5.75 Å². The molecule has 7 heteroatoms. The third kappa shape index (κ3) is 8.79. The minimum absolute atomic E-state index is 0.201. The Hall–Kier alpha value is -1.26. The standard InChI is InChI=1S/C26H42O4SSi2/c1-23(2,3)32-29-25(7,8)21-12-11-19(28-16-20-13-18(15-27)17-31-20)14-22(21)26(9,10)30-33-24(4,5)6/h11-15,17H,16,32-33H2,1-10H3. The minimum Gasteiger partial charge on any atom is -0.488 e. The molecule has 0 saturated carbocycles. The molecule has 0 N–H and O–H groups in total. The molecule has 1 aromatic carbocycles. The molecule has 0 radical (unpaired) electrons. The number of carbonyl (C=O) groups excluding carboxylic acids is 1. The van der Waals surface area contributed by atoms with Gasteiger partial charge in [-0.15, -0.1) is 11.3 Å². The second-order valence-corrected chi connectivity index (χ2v) is 18.6. The van der Waals surface area contributed by atoms with Gasteiger partial charge in [0.1, 0.15) is 12.4 Å². The van der Waals surface area contributed by atoms with E-state index in [1.165, 1.54) is 11.3 Å². The maximum Gasteiger partial charge on any atom is 0.168 e. The van der Waals surface area contributed by atoms with E-state index in [1.54, 1.807) is 0 Å². The van der Waals surface area contributed by atoms with E-state index in [0.29, 0.717) is 12.2 Å². The van der Waals surface area contributed by atoms with Gasteiger partial charge in [-0.1, -0.05) is 47.6 Å². The average Bonchev–Trinajstić information content (AvgIpc) is 3.16. The van der Waals surface area contributed by atoms with E-state index in [0.717, 1.165) is 28.0 Å². The van der Waals surface area contributed by atoms with E-state index >= 15 is 0 Å². The van der Waals surface area contributed by atoms with E-state index in [9.17, 15) is 4.79 Å². The Kier molecular flexibility index (Phi) is 8.96. The first kappa shape index (κ1) is 28.0. The van der Waals surface area contributed by atoms with Gasteiger partial charge in [-0.2, -0.15) is 0 Å². The second kappa shape index (κ2) is 10.6. The molecule has 0 spiro atoms. The van der Waals surface area contributed by atoms with Gasteiger partial charge in [0.15, 0.2) is 25.8 Å². The minimum atomic E-state index is -0.762. The Morgan fingerprint density at radius 3 is 1.85 bits per heavy atom. The Labute approximate surface area is 209 Å². The Balaban J connectivity index is 2.38. The van der Waals surface area contributed by atoms with Gasteiger partial charge in [0.2, 0.25) is 0 Å². The van der Waals surface area contributed by atoms with E-state index in [-0.39, 0.29) is 10.1 Å². The van der Waals surface area contributed by atoms with Crippen molar-refractivity contribution >= 4 is 37.1 Å². The maximum atomic E-state index is 11.0. The summed E-state index contributed by atoms with van der Waals surface area (Å²) in [6.45, 7) is 22.5. The fourth-order valence-electron chi connectivity index (χ4n) is 3.28. The van der Waals surface area contributed by atoms with Crippen molar-refractivity contribution < 1.29 is 18.4 Å². The van der Waals surface area contributed by atoms with Crippen molar-refractivity contribution in [1.82, 2.24) is 0 Å². The van der Waals surface area contributed by atoms with Gasteiger partial charge in [0.05, 0.1) is 11.2 Å². The van der Waals surface area contributed by atoms with Crippen molar-refractivity contribution in [3.05, 3.63) is 51.2 Å². The molecule has 0 bridgehead atoms. The molecule has 0 unspecified atom stereocenters.